The highest BCUT2D eigenvalue weighted by molar-refractivity contribution is 9.10. The van der Waals surface area contributed by atoms with E-state index in [-0.39, 0.29) is 0 Å². The molecule has 0 amide bonds. The minimum Gasteiger partial charge on any atom is -0.300 e. The van der Waals surface area contributed by atoms with Crippen LogP contribution in [0.4, 0.5) is 0 Å². The molecule has 0 aromatic heterocycles. The van der Waals surface area contributed by atoms with E-state index in [9.17, 15) is 0 Å². The zero-order chi connectivity index (χ0) is 8.97. The van der Waals surface area contributed by atoms with Gasteiger partial charge < -0.3 is 0 Å². The maximum absolute atomic E-state index is 5.02. The Bertz CT molecular complexity index is 263. The molecule has 1 aromatic rings. The Morgan fingerprint density at radius 2 is 2.25 bits per heavy atom. The molecule has 2 nitrogen and oxygen atoms in total. The summed E-state index contributed by atoms with van der Waals surface area (Å²) in [5.74, 6) is 5.02. The third-order valence-electron chi connectivity index (χ3n) is 1.81. The van der Waals surface area contributed by atoms with Crippen LogP contribution in [0.5, 0.6) is 0 Å². The van der Waals surface area contributed by atoms with Crippen molar-refractivity contribution in [3.8, 4) is 0 Å². The third-order valence-corrected chi connectivity index (χ3v) is 2.55. The first kappa shape index (κ1) is 9.71. The molecule has 66 valence electrons. The Morgan fingerprint density at radius 1 is 1.50 bits per heavy atom. The quantitative estimate of drug-likeness (QED) is 0.809. The molecule has 0 spiro atoms. The predicted molar refractivity (Wildman–Crippen MR) is 52.5 cm³/mol. The average molecular weight is 230 g/mol. The Hall–Kier alpha value is -0.380. The fourth-order valence-corrected chi connectivity index (χ4v) is 1.91. The molecule has 0 fully saturated rings. The lowest BCUT2D eigenvalue weighted by atomic mass is 10.1. The molecule has 1 rings (SSSR count). The van der Waals surface area contributed by atoms with Crippen LogP contribution in [0.3, 0.4) is 0 Å². The van der Waals surface area contributed by atoms with Gasteiger partial charge in [-0.05, 0) is 23.6 Å². The molecule has 0 aliphatic rings. The van der Waals surface area contributed by atoms with Crippen molar-refractivity contribution in [3.05, 3.63) is 33.8 Å². The highest BCUT2D eigenvalue weighted by atomic mass is 79.9. The van der Waals surface area contributed by atoms with Crippen LogP contribution in [0.1, 0.15) is 18.1 Å². The van der Waals surface area contributed by atoms with Gasteiger partial charge in [0.05, 0.1) is 6.61 Å². The van der Waals surface area contributed by atoms with Crippen LogP contribution in [0, 0.1) is 0 Å². The lowest BCUT2D eigenvalue weighted by molar-refractivity contribution is 0.123. The molecule has 2 N–H and O–H groups in total. The van der Waals surface area contributed by atoms with Crippen molar-refractivity contribution in [1.29, 1.82) is 0 Å². The van der Waals surface area contributed by atoms with Crippen LogP contribution in [0.2, 0.25) is 0 Å². The number of benzene rings is 1. The van der Waals surface area contributed by atoms with E-state index in [4.69, 9.17) is 5.90 Å². The predicted octanol–water partition coefficient (Wildman–Crippen LogP) is 2.40. The number of nitrogens with two attached hydrogens (primary N) is 1. The summed E-state index contributed by atoms with van der Waals surface area (Å²) in [6.45, 7) is 2.59. The van der Waals surface area contributed by atoms with Gasteiger partial charge in [0.1, 0.15) is 0 Å². The largest absolute Gasteiger partial charge is 0.300 e. The van der Waals surface area contributed by atoms with Crippen LogP contribution >= 0.6 is 15.9 Å². The second-order valence-corrected chi connectivity index (χ2v) is 3.40. The number of hydrogen-bond donors (Lipinski definition) is 1. The topological polar surface area (TPSA) is 35.2 Å². The average Bonchev–Trinajstić information content (AvgIpc) is 2.05. The van der Waals surface area contributed by atoms with Gasteiger partial charge in [-0.25, -0.2) is 5.90 Å². The summed E-state index contributed by atoms with van der Waals surface area (Å²) >= 11 is 3.48. The molecule has 0 heterocycles. The van der Waals surface area contributed by atoms with Crippen molar-refractivity contribution < 1.29 is 4.84 Å². The Morgan fingerprint density at radius 3 is 2.83 bits per heavy atom. The lowest BCUT2D eigenvalue weighted by Gasteiger charge is -2.07. The van der Waals surface area contributed by atoms with Gasteiger partial charge in [0.2, 0.25) is 0 Å². The summed E-state index contributed by atoms with van der Waals surface area (Å²) in [5.41, 5.74) is 2.41. The molecule has 0 radical (unpaired) electrons. The number of rotatable bonds is 3. The van der Waals surface area contributed by atoms with Crippen molar-refractivity contribution in [2.75, 3.05) is 0 Å². The summed E-state index contributed by atoms with van der Waals surface area (Å²) < 4.78 is 1.12. The van der Waals surface area contributed by atoms with Crippen LogP contribution in [-0.4, -0.2) is 0 Å². The second-order valence-electron chi connectivity index (χ2n) is 2.54. The van der Waals surface area contributed by atoms with Crippen LogP contribution in [0.25, 0.3) is 0 Å². The van der Waals surface area contributed by atoms with Crippen LogP contribution in [0.15, 0.2) is 22.7 Å². The maximum Gasteiger partial charge on any atom is 0.0933 e. The fourth-order valence-electron chi connectivity index (χ4n) is 1.22. The fraction of sp³-hybridized carbons (Fsp3) is 0.333. The summed E-state index contributed by atoms with van der Waals surface area (Å²) in [4.78, 5) is 4.60. The van der Waals surface area contributed by atoms with E-state index in [1.54, 1.807) is 0 Å². The molecular weight excluding hydrogens is 218 g/mol. The summed E-state index contributed by atoms with van der Waals surface area (Å²) in [5, 5.41) is 0. The molecule has 12 heavy (non-hydrogen) atoms. The van der Waals surface area contributed by atoms with Gasteiger partial charge in [-0.3, -0.25) is 4.84 Å². The first-order valence-corrected chi connectivity index (χ1v) is 4.66. The van der Waals surface area contributed by atoms with Crippen molar-refractivity contribution in [1.82, 2.24) is 0 Å². The smallest absolute Gasteiger partial charge is 0.0933 e. The minimum absolute atomic E-state index is 0.475. The lowest BCUT2D eigenvalue weighted by Crippen LogP contribution is -2.02. The van der Waals surface area contributed by atoms with Gasteiger partial charge in [-0.2, -0.15) is 0 Å². The van der Waals surface area contributed by atoms with E-state index >= 15 is 0 Å². The molecule has 0 atom stereocenters. The molecule has 0 bridgehead atoms. The van der Waals surface area contributed by atoms with Gasteiger partial charge in [-0.15, -0.1) is 0 Å². The van der Waals surface area contributed by atoms with Crippen molar-refractivity contribution >= 4 is 15.9 Å². The Balaban J connectivity index is 3.00. The second kappa shape index (κ2) is 4.60. The van der Waals surface area contributed by atoms with Crippen LogP contribution < -0.4 is 5.90 Å². The Kier molecular flexibility index (Phi) is 3.72. The van der Waals surface area contributed by atoms with Gasteiger partial charge in [0.25, 0.3) is 0 Å². The van der Waals surface area contributed by atoms with Crippen molar-refractivity contribution in [2.24, 2.45) is 5.90 Å². The zero-order valence-corrected chi connectivity index (χ0v) is 8.60. The zero-order valence-electron chi connectivity index (χ0n) is 7.01. The van der Waals surface area contributed by atoms with E-state index in [0.29, 0.717) is 6.61 Å². The molecule has 1 aromatic carbocycles. The van der Waals surface area contributed by atoms with Crippen molar-refractivity contribution in [3.63, 3.8) is 0 Å². The highest BCUT2D eigenvalue weighted by Crippen LogP contribution is 2.21. The van der Waals surface area contributed by atoms with Gasteiger partial charge in [0, 0.05) is 4.47 Å². The summed E-state index contributed by atoms with van der Waals surface area (Å²) in [6.07, 6.45) is 0.986. The number of halogens is 1. The first-order chi connectivity index (χ1) is 5.79. The minimum atomic E-state index is 0.475. The molecule has 0 aliphatic heterocycles. The maximum atomic E-state index is 5.02. The van der Waals surface area contributed by atoms with Crippen molar-refractivity contribution in [2.45, 2.75) is 20.0 Å². The van der Waals surface area contributed by atoms with E-state index in [1.807, 2.05) is 18.2 Å². The molecule has 0 saturated carbocycles. The highest BCUT2D eigenvalue weighted by Gasteiger charge is 2.03. The standard InChI is InChI=1S/C9H12BrNO/c1-2-8-7(6-12-11)4-3-5-9(8)10/h3-5H,2,6,11H2,1H3. The van der Waals surface area contributed by atoms with Gasteiger partial charge in [0.15, 0.2) is 0 Å². The monoisotopic (exact) mass is 229 g/mol. The van der Waals surface area contributed by atoms with E-state index < -0.39 is 0 Å². The number of hydrogen-bond acceptors (Lipinski definition) is 2. The Labute approximate surface area is 80.8 Å². The van der Waals surface area contributed by atoms with Gasteiger partial charge >= 0.3 is 0 Å². The SMILES string of the molecule is CCc1c(Br)cccc1CON. The van der Waals surface area contributed by atoms with E-state index in [0.717, 1.165) is 16.5 Å². The third kappa shape index (κ3) is 2.06. The first-order valence-electron chi connectivity index (χ1n) is 3.87. The van der Waals surface area contributed by atoms with E-state index in [2.05, 4.69) is 27.7 Å². The molecule has 0 unspecified atom stereocenters. The summed E-state index contributed by atoms with van der Waals surface area (Å²) in [7, 11) is 0. The summed E-state index contributed by atoms with van der Waals surface area (Å²) in [6, 6.07) is 6.03. The molecule has 0 saturated heterocycles. The normalized spacial score (nSPS) is 10.2. The molecular formula is C9H12BrNO. The molecule has 3 heteroatoms. The van der Waals surface area contributed by atoms with Crippen LogP contribution in [-0.2, 0) is 17.9 Å². The molecule has 0 aliphatic carbocycles. The van der Waals surface area contributed by atoms with Gasteiger partial charge in [-0.1, -0.05) is 35.0 Å². The van der Waals surface area contributed by atoms with E-state index in [1.165, 1.54) is 5.56 Å².